The van der Waals surface area contributed by atoms with Crippen LogP contribution < -0.4 is 4.74 Å². The van der Waals surface area contributed by atoms with Gasteiger partial charge in [-0.25, -0.2) is 4.79 Å². The van der Waals surface area contributed by atoms with E-state index in [0.717, 1.165) is 21.4 Å². The highest BCUT2D eigenvalue weighted by Gasteiger charge is 2.16. The van der Waals surface area contributed by atoms with Crippen molar-refractivity contribution >= 4 is 38.2 Å². The molecule has 0 spiro atoms. The monoisotopic (exact) mass is 371 g/mol. The van der Waals surface area contributed by atoms with Crippen LogP contribution in [0.2, 0.25) is 0 Å². The quantitative estimate of drug-likeness (QED) is 0.453. The van der Waals surface area contributed by atoms with Gasteiger partial charge in [0.1, 0.15) is 17.2 Å². The number of nitrogens with zero attached hydrogens (tertiary/aromatic N) is 1. The van der Waals surface area contributed by atoms with Crippen molar-refractivity contribution < 1.29 is 19.2 Å². The first-order valence-corrected chi connectivity index (χ1v) is 7.36. The maximum atomic E-state index is 11.8. The van der Waals surface area contributed by atoms with Gasteiger partial charge in [-0.3, -0.25) is 10.1 Å². The first-order valence-electron chi connectivity index (χ1n) is 5.75. The number of hydrogen-bond donors (Lipinski definition) is 0. The summed E-state index contributed by atoms with van der Waals surface area (Å²) < 4.78 is 11.0. The van der Waals surface area contributed by atoms with Crippen LogP contribution in [0.25, 0.3) is 0 Å². The van der Waals surface area contributed by atoms with Gasteiger partial charge in [0.2, 0.25) is 0 Å². The van der Waals surface area contributed by atoms with E-state index in [-0.39, 0.29) is 16.5 Å². The minimum absolute atomic E-state index is 0.0765. The van der Waals surface area contributed by atoms with Crippen molar-refractivity contribution in [1.82, 2.24) is 0 Å². The fourth-order valence-corrected chi connectivity index (χ4v) is 2.86. The first kappa shape index (κ1) is 15.5. The molecular weight excluding hydrogens is 362 g/mol. The number of carbonyl (C=O) groups excluding carboxylic acids is 1. The molecule has 0 radical (unpaired) electrons. The third-order valence-electron chi connectivity index (χ3n) is 2.56. The maximum Gasteiger partial charge on any atom is 0.348 e. The van der Waals surface area contributed by atoms with Gasteiger partial charge >= 0.3 is 11.0 Å². The molecule has 6 nitrogen and oxygen atoms in total. The molecule has 110 valence electrons. The maximum absolute atomic E-state index is 11.8. The Balaban J connectivity index is 2.00. The molecule has 0 N–H and O–H groups in total. The Morgan fingerprint density at radius 1 is 1.38 bits per heavy atom. The highest BCUT2D eigenvalue weighted by Crippen LogP contribution is 2.27. The minimum atomic E-state index is -0.583. The molecule has 0 unspecified atom stereocenters. The van der Waals surface area contributed by atoms with E-state index < -0.39 is 10.9 Å². The zero-order valence-electron chi connectivity index (χ0n) is 10.9. The molecule has 0 aliphatic heterocycles. The van der Waals surface area contributed by atoms with Gasteiger partial charge in [-0.15, -0.1) is 0 Å². The Morgan fingerprint density at radius 3 is 2.71 bits per heavy atom. The Hall–Kier alpha value is -1.93. The second kappa shape index (κ2) is 6.68. The summed E-state index contributed by atoms with van der Waals surface area (Å²) in [7, 11) is 1.56. The van der Waals surface area contributed by atoms with Gasteiger partial charge in [0.05, 0.1) is 16.5 Å². The predicted molar refractivity (Wildman–Crippen MR) is 80.8 cm³/mol. The summed E-state index contributed by atoms with van der Waals surface area (Å²) >= 11 is 4.13. The van der Waals surface area contributed by atoms with Gasteiger partial charge in [-0.05, 0) is 39.7 Å². The molecule has 0 aliphatic rings. The lowest BCUT2D eigenvalue weighted by Gasteiger charge is -2.07. The van der Waals surface area contributed by atoms with Crippen molar-refractivity contribution in [1.29, 1.82) is 0 Å². The van der Waals surface area contributed by atoms with E-state index in [1.807, 2.05) is 0 Å². The number of ether oxygens (including phenoxy) is 2. The Morgan fingerprint density at radius 2 is 2.14 bits per heavy atom. The van der Waals surface area contributed by atoms with Gasteiger partial charge in [0.25, 0.3) is 0 Å². The summed E-state index contributed by atoms with van der Waals surface area (Å²) in [5.41, 5.74) is 0.780. The molecule has 0 atom stereocenters. The molecule has 0 aliphatic carbocycles. The third-order valence-corrected chi connectivity index (χ3v) is 4.20. The minimum Gasteiger partial charge on any atom is -0.496 e. The van der Waals surface area contributed by atoms with E-state index in [1.54, 1.807) is 25.3 Å². The van der Waals surface area contributed by atoms with Crippen LogP contribution in [-0.4, -0.2) is 18.0 Å². The van der Waals surface area contributed by atoms with Gasteiger partial charge in [0, 0.05) is 6.07 Å². The number of methoxy groups -OCH3 is 1. The summed E-state index contributed by atoms with van der Waals surface area (Å²) in [5.74, 6) is 0.0963. The van der Waals surface area contributed by atoms with Crippen molar-refractivity contribution in [2.75, 3.05) is 7.11 Å². The van der Waals surface area contributed by atoms with Crippen LogP contribution in [0.3, 0.4) is 0 Å². The van der Waals surface area contributed by atoms with E-state index in [0.29, 0.717) is 5.75 Å². The lowest BCUT2D eigenvalue weighted by molar-refractivity contribution is -0.380. The molecule has 2 aromatic rings. The SMILES string of the molecule is COc1ccc(COC(=O)c2ccc([N+](=O)[O-])s2)cc1Br. The lowest BCUT2D eigenvalue weighted by atomic mass is 10.2. The van der Waals surface area contributed by atoms with Gasteiger partial charge in [-0.1, -0.05) is 17.4 Å². The number of hydrogen-bond acceptors (Lipinski definition) is 6. The fraction of sp³-hybridized carbons (Fsp3) is 0.154. The molecule has 1 heterocycles. The molecule has 1 aromatic carbocycles. The van der Waals surface area contributed by atoms with E-state index in [4.69, 9.17) is 9.47 Å². The second-order valence-electron chi connectivity index (χ2n) is 3.94. The summed E-state index contributed by atoms with van der Waals surface area (Å²) in [6.07, 6.45) is 0. The molecular formula is C13H10BrNO5S. The predicted octanol–water partition coefficient (Wildman–Crippen LogP) is 3.78. The van der Waals surface area contributed by atoms with Crippen LogP contribution in [-0.2, 0) is 11.3 Å². The molecule has 0 saturated heterocycles. The number of rotatable bonds is 5. The topological polar surface area (TPSA) is 78.7 Å². The molecule has 1 aromatic heterocycles. The molecule has 0 saturated carbocycles. The summed E-state index contributed by atoms with van der Waals surface area (Å²) in [6, 6.07) is 7.97. The largest absolute Gasteiger partial charge is 0.496 e. The summed E-state index contributed by atoms with van der Waals surface area (Å²) in [6.45, 7) is 0.0765. The number of thiophene rings is 1. The van der Waals surface area contributed by atoms with Crippen molar-refractivity contribution in [3.05, 3.63) is 55.4 Å². The average Bonchev–Trinajstić information content (AvgIpc) is 2.95. The van der Waals surface area contributed by atoms with Crippen LogP contribution in [0.4, 0.5) is 5.00 Å². The average molecular weight is 372 g/mol. The second-order valence-corrected chi connectivity index (χ2v) is 5.86. The van der Waals surface area contributed by atoms with Crippen LogP contribution in [0.1, 0.15) is 15.2 Å². The smallest absolute Gasteiger partial charge is 0.348 e. The molecule has 0 fully saturated rings. The molecule has 21 heavy (non-hydrogen) atoms. The van der Waals surface area contributed by atoms with Crippen LogP contribution in [0, 0.1) is 10.1 Å². The number of halogens is 1. The fourth-order valence-electron chi connectivity index (χ4n) is 1.56. The van der Waals surface area contributed by atoms with Crippen LogP contribution >= 0.6 is 27.3 Å². The summed E-state index contributed by atoms with van der Waals surface area (Å²) in [4.78, 5) is 22.0. The zero-order valence-corrected chi connectivity index (χ0v) is 13.3. The number of benzene rings is 1. The Kier molecular flexibility index (Phi) is 4.92. The highest BCUT2D eigenvalue weighted by molar-refractivity contribution is 9.10. The van der Waals surface area contributed by atoms with Crippen molar-refractivity contribution in [3.8, 4) is 5.75 Å². The van der Waals surface area contributed by atoms with Crippen LogP contribution in [0.15, 0.2) is 34.8 Å². The van der Waals surface area contributed by atoms with Crippen molar-refractivity contribution in [2.45, 2.75) is 6.61 Å². The third kappa shape index (κ3) is 3.79. The lowest BCUT2D eigenvalue weighted by Crippen LogP contribution is -2.03. The summed E-state index contributed by atoms with van der Waals surface area (Å²) in [5, 5.41) is 10.5. The van der Waals surface area contributed by atoms with Crippen molar-refractivity contribution in [3.63, 3.8) is 0 Å². The van der Waals surface area contributed by atoms with E-state index in [9.17, 15) is 14.9 Å². The van der Waals surface area contributed by atoms with Gasteiger partial charge < -0.3 is 9.47 Å². The Labute approximate surface area is 132 Å². The highest BCUT2D eigenvalue weighted by atomic mass is 79.9. The Bertz CT molecular complexity index is 685. The number of nitro groups is 1. The standard InChI is InChI=1S/C13H10BrNO5S/c1-19-10-3-2-8(6-9(10)14)7-20-13(16)11-4-5-12(21-11)15(17)18/h2-6H,7H2,1H3. The molecule has 0 bridgehead atoms. The van der Waals surface area contributed by atoms with Crippen LogP contribution in [0.5, 0.6) is 5.75 Å². The van der Waals surface area contributed by atoms with Crippen molar-refractivity contribution in [2.24, 2.45) is 0 Å². The first-order chi connectivity index (χ1) is 10.0. The van der Waals surface area contributed by atoms with E-state index in [1.165, 1.54) is 12.1 Å². The van der Waals surface area contributed by atoms with E-state index >= 15 is 0 Å². The number of esters is 1. The van der Waals surface area contributed by atoms with E-state index in [2.05, 4.69) is 15.9 Å². The number of carbonyl (C=O) groups is 1. The van der Waals surface area contributed by atoms with Gasteiger partial charge in [0.15, 0.2) is 0 Å². The zero-order chi connectivity index (χ0) is 15.4. The normalized spacial score (nSPS) is 10.2. The molecule has 8 heteroatoms. The molecule has 0 amide bonds. The molecule has 2 rings (SSSR count). The van der Waals surface area contributed by atoms with Gasteiger partial charge in [-0.2, -0.15) is 0 Å².